The van der Waals surface area contributed by atoms with Crippen LogP contribution in [0.3, 0.4) is 0 Å². The van der Waals surface area contributed by atoms with Gasteiger partial charge in [-0.15, -0.1) is 0 Å². The number of thiophene rings is 1. The fourth-order valence-electron chi connectivity index (χ4n) is 1.14. The third-order valence-corrected chi connectivity index (χ3v) is 2.79. The zero-order valence-electron chi connectivity index (χ0n) is 6.41. The Bertz CT molecular complexity index is 342. The van der Waals surface area contributed by atoms with Gasteiger partial charge < -0.3 is 0 Å². The van der Waals surface area contributed by atoms with Crippen molar-refractivity contribution in [3.05, 3.63) is 40.6 Å². The van der Waals surface area contributed by atoms with Gasteiger partial charge in [-0.2, -0.15) is 11.3 Å². The molecule has 0 saturated heterocycles. The van der Waals surface area contributed by atoms with E-state index in [1.54, 1.807) is 11.3 Å². The van der Waals surface area contributed by atoms with E-state index in [4.69, 9.17) is 12.2 Å². The molecular formula is C10H7S2. The minimum atomic E-state index is 0.882. The summed E-state index contributed by atoms with van der Waals surface area (Å²) in [6, 6.07) is 2.08. The molecule has 0 unspecified atom stereocenters. The average molecular weight is 191 g/mol. The molecule has 1 aromatic rings. The lowest BCUT2D eigenvalue weighted by molar-refractivity contribution is 1.49. The zero-order valence-corrected chi connectivity index (χ0v) is 8.04. The highest BCUT2D eigenvalue weighted by Gasteiger charge is 2.08. The molecule has 0 aromatic carbocycles. The predicted octanol–water partition coefficient (Wildman–Crippen LogP) is 3.26. The second-order valence-corrected chi connectivity index (χ2v) is 3.83. The van der Waals surface area contributed by atoms with Crippen LogP contribution in [0.5, 0.6) is 0 Å². The lowest BCUT2D eigenvalue weighted by Crippen LogP contribution is -1.99. The average Bonchev–Trinajstić information content (AvgIpc) is 2.57. The lowest BCUT2D eigenvalue weighted by atomic mass is 10.00. The van der Waals surface area contributed by atoms with Crippen LogP contribution in [0.2, 0.25) is 0 Å². The number of hydrogen-bond acceptors (Lipinski definition) is 2. The van der Waals surface area contributed by atoms with E-state index in [1.807, 2.05) is 12.2 Å². The van der Waals surface area contributed by atoms with Crippen LogP contribution >= 0.6 is 23.6 Å². The summed E-state index contributed by atoms with van der Waals surface area (Å²) in [6.45, 7) is 0. The molecule has 0 amide bonds. The van der Waals surface area contributed by atoms with E-state index in [1.165, 1.54) is 5.56 Å². The Morgan fingerprint density at radius 1 is 1.50 bits per heavy atom. The molecule has 0 nitrogen and oxygen atoms in total. The normalized spacial score (nSPS) is 16.3. The second-order valence-electron chi connectivity index (χ2n) is 2.56. The molecule has 0 spiro atoms. The van der Waals surface area contributed by atoms with Crippen molar-refractivity contribution in [1.29, 1.82) is 0 Å². The maximum Gasteiger partial charge on any atom is 0.0274 e. The summed E-state index contributed by atoms with van der Waals surface area (Å²) < 4.78 is 0. The van der Waals surface area contributed by atoms with E-state index in [0.717, 1.165) is 16.9 Å². The van der Waals surface area contributed by atoms with Crippen LogP contribution in [0.4, 0.5) is 0 Å². The van der Waals surface area contributed by atoms with Crippen molar-refractivity contribution in [1.82, 2.24) is 0 Å². The summed E-state index contributed by atoms with van der Waals surface area (Å²) in [4.78, 5) is 0.996. The molecule has 59 valence electrons. The zero-order chi connectivity index (χ0) is 8.39. The summed E-state index contributed by atoms with van der Waals surface area (Å²) in [7, 11) is 0. The Labute approximate surface area is 81.2 Å². The summed E-state index contributed by atoms with van der Waals surface area (Å²) in [6.07, 6.45) is 8.04. The molecule has 1 aliphatic carbocycles. The van der Waals surface area contributed by atoms with Crippen molar-refractivity contribution in [3.63, 3.8) is 0 Å². The molecular weight excluding hydrogens is 184 g/mol. The Balaban J connectivity index is 2.40. The number of rotatable bonds is 1. The Morgan fingerprint density at radius 2 is 2.42 bits per heavy atom. The van der Waals surface area contributed by atoms with Crippen LogP contribution in [0.15, 0.2) is 29.0 Å². The standard InChI is InChI=1S/C10H7S2/c11-10-4-2-1-3-9(10)8-5-6-12-7-8/h1-2,5-7H,4H2. The molecule has 0 N–H and O–H groups in total. The molecule has 2 rings (SSSR count). The molecule has 1 aliphatic rings. The maximum atomic E-state index is 5.23. The lowest BCUT2D eigenvalue weighted by Gasteiger charge is -2.07. The first-order valence-corrected chi connectivity index (χ1v) is 5.07. The van der Waals surface area contributed by atoms with Gasteiger partial charge in [0, 0.05) is 16.9 Å². The van der Waals surface area contributed by atoms with Gasteiger partial charge in [0.25, 0.3) is 0 Å². The topological polar surface area (TPSA) is 0 Å². The molecule has 1 radical (unpaired) electrons. The summed E-state index contributed by atoms with van der Waals surface area (Å²) in [5.41, 5.74) is 2.29. The van der Waals surface area contributed by atoms with Crippen LogP contribution in [0, 0.1) is 6.08 Å². The van der Waals surface area contributed by atoms with Crippen LogP contribution in [0.1, 0.15) is 12.0 Å². The molecule has 1 heterocycles. The number of allylic oxidation sites excluding steroid dienone is 4. The monoisotopic (exact) mass is 191 g/mol. The van der Waals surface area contributed by atoms with E-state index in [9.17, 15) is 0 Å². The summed E-state index contributed by atoms with van der Waals surface area (Å²) in [5, 5.41) is 4.17. The number of thiocarbonyl (C=S) groups is 1. The van der Waals surface area contributed by atoms with Crippen molar-refractivity contribution < 1.29 is 0 Å². The minimum absolute atomic E-state index is 0.882. The highest BCUT2D eigenvalue weighted by molar-refractivity contribution is 7.81. The van der Waals surface area contributed by atoms with Gasteiger partial charge in [-0.1, -0.05) is 24.4 Å². The Morgan fingerprint density at radius 3 is 3.08 bits per heavy atom. The van der Waals surface area contributed by atoms with Gasteiger partial charge in [0.15, 0.2) is 0 Å². The van der Waals surface area contributed by atoms with E-state index in [0.29, 0.717) is 0 Å². The van der Waals surface area contributed by atoms with Crippen LogP contribution in [-0.4, -0.2) is 4.86 Å². The largest absolute Gasteiger partial charge is 0.152 e. The van der Waals surface area contributed by atoms with Crippen LogP contribution in [0.25, 0.3) is 5.57 Å². The highest BCUT2D eigenvalue weighted by atomic mass is 32.1. The van der Waals surface area contributed by atoms with Gasteiger partial charge in [0.2, 0.25) is 0 Å². The molecule has 2 heteroatoms. The van der Waals surface area contributed by atoms with E-state index >= 15 is 0 Å². The third kappa shape index (κ3) is 1.40. The van der Waals surface area contributed by atoms with E-state index < -0.39 is 0 Å². The predicted molar refractivity (Wildman–Crippen MR) is 57.3 cm³/mol. The first-order chi connectivity index (χ1) is 5.88. The molecule has 1 aromatic heterocycles. The van der Waals surface area contributed by atoms with E-state index in [2.05, 4.69) is 22.9 Å². The van der Waals surface area contributed by atoms with Crippen LogP contribution in [-0.2, 0) is 0 Å². The Hall–Kier alpha value is -0.730. The summed E-state index contributed by atoms with van der Waals surface area (Å²) >= 11 is 6.92. The molecule has 0 saturated carbocycles. The second kappa shape index (κ2) is 3.33. The van der Waals surface area contributed by atoms with Crippen LogP contribution < -0.4 is 0 Å². The van der Waals surface area contributed by atoms with Gasteiger partial charge in [-0.25, -0.2) is 0 Å². The van der Waals surface area contributed by atoms with Crippen molar-refractivity contribution in [2.45, 2.75) is 6.42 Å². The maximum absolute atomic E-state index is 5.23. The molecule has 0 fully saturated rings. The van der Waals surface area contributed by atoms with Crippen molar-refractivity contribution in [3.8, 4) is 0 Å². The fourth-order valence-corrected chi connectivity index (χ4v) is 2.06. The smallest absolute Gasteiger partial charge is 0.0274 e. The van der Waals surface area contributed by atoms with Crippen molar-refractivity contribution in [2.24, 2.45) is 0 Å². The fraction of sp³-hybridized carbons (Fsp3) is 0.100. The Kier molecular flexibility index (Phi) is 2.19. The quantitative estimate of drug-likeness (QED) is 0.614. The first kappa shape index (κ1) is 7.90. The van der Waals surface area contributed by atoms with E-state index in [-0.39, 0.29) is 0 Å². The van der Waals surface area contributed by atoms with Gasteiger partial charge in [0.05, 0.1) is 0 Å². The first-order valence-electron chi connectivity index (χ1n) is 3.72. The van der Waals surface area contributed by atoms with Crippen molar-refractivity contribution in [2.75, 3.05) is 0 Å². The molecule has 0 bridgehead atoms. The minimum Gasteiger partial charge on any atom is -0.152 e. The van der Waals surface area contributed by atoms with Gasteiger partial charge >= 0.3 is 0 Å². The van der Waals surface area contributed by atoms with Crippen molar-refractivity contribution >= 4 is 34.0 Å². The third-order valence-electron chi connectivity index (χ3n) is 1.74. The molecule has 0 atom stereocenters. The summed E-state index contributed by atoms with van der Waals surface area (Å²) in [5.74, 6) is 0. The van der Waals surface area contributed by atoms with Gasteiger partial charge in [-0.05, 0) is 28.5 Å². The SMILES string of the molecule is S=C1CC=C[C]=C1c1ccsc1. The molecule has 12 heavy (non-hydrogen) atoms. The molecule has 0 aliphatic heterocycles. The van der Waals surface area contributed by atoms with Gasteiger partial charge in [-0.3, -0.25) is 0 Å². The number of hydrogen-bond donors (Lipinski definition) is 0. The van der Waals surface area contributed by atoms with Gasteiger partial charge in [0.1, 0.15) is 0 Å². The highest BCUT2D eigenvalue weighted by Crippen LogP contribution is 2.22.